The number of alkyl halides is 3. The molecule has 2 N–H and O–H groups in total. The summed E-state index contributed by atoms with van der Waals surface area (Å²) >= 11 is 0. The average Bonchev–Trinajstić information content (AvgIpc) is 2.62. The van der Waals surface area contributed by atoms with Crippen LogP contribution in [0.25, 0.3) is 0 Å². The molecule has 0 saturated heterocycles. The maximum atomic E-state index is 12.5. The van der Waals surface area contributed by atoms with Gasteiger partial charge >= 0.3 is 6.36 Å². The van der Waals surface area contributed by atoms with Gasteiger partial charge in [0.1, 0.15) is 11.5 Å². The molecule has 0 spiro atoms. The fraction of sp³-hybridized carbons (Fsp3) is 0.278. The van der Waals surface area contributed by atoms with E-state index in [1.165, 1.54) is 12.1 Å². The van der Waals surface area contributed by atoms with Crippen molar-refractivity contribution in [2.45, 2.75) is 19.5 Å². The van der Waals surface area contributed by atoms with Crippen LogP contribution in [0.15, 0.2) is 53.5 Å². The van der Waals surface area contributed by atoms with Crippen molar-refractivity contribution in [3.8, 4) is 11.5 Å². The lowest BCUT2D eigenvalue weighted by molar-refractivity contribution is -0.274. The van der Waals surface area contributed by atoms with E-state index in [0.717, 1.165) is 11.3 Å². The maximum Gasteiger partial charge on any atom is 0.573 e. The van der Waals surface area contributed by atoms with Crippen LogP contribution in [-0.4, -0.2) is 26.5 Å². The van der Waals surface area contributed by atoms with Gasteiger partial charge in [-0.2, -0.15) is 0 Å². The van der Waals surface area contributed by atoms with Crippen LogP contribution in [0.4, 0.5) is 13.2 Å². The van der Waals surface area contributed by atoms with E-state index < -0.39 is 6.36 Å². The summed E-state index contributed by atoms with van der Waals surface area (Å²) in [5, 5.41) is 6.07. The van der Waals surface area contributed by atoms with Crippen molar-refractivity contribution in [2.24, 2.45) is 4.99 Å². The second-order valence-electron chi connectivity index (χ2n) is 5.28. The predicted molar refractivity (Wildman–Crippen MR) is 109 cm³/mol. The average molecular weight is 495 g/mol. The summed E-state index contributed by atoms with van der Waals surface area (Å²) in [5.74, 6) is 0.985. The number of hydrogen-bond donors (Lipinski definition) is 2. The zero-order valence-corrected chi connectivity index (χ0v) is 17.2. The lowest BCUT2D eigenvalue weighted by atomic mass is 10.2. The summed E-state index contributed by atoms with van der Waals surface area (Å²) in [6.45, 7) is 0.638. The summed E-state index contributed by atoms with van der Waals surface area (Å²) < 4.78 is 46.5. The largest absolute Gasteiger partial charge is 0.573 e. The Balaban J connectivity index is 0.00000364. The minimum atomic E-state index is -4.73. The third-order valence-corrected chi connectivity index (χ3v) is 3.49. The predicted octanol–water partition coefficient (Wildman–Crippen LogP) is 4.08. The fourth-order valence-corrected chi connectivity index (χ4v) is 2.20. The van der Waals surface area contributed by atoms with Crippen molar-refractivity contribution in [2.75, 3.05) is 14.2 Å². The van der Waals surface area contributed by atoms with Gasteiger partial charge in [0.05, 0.1) is 7.11 Å². The number of nitrogens with one attached hydrogen (secondary N) is 2. The summed E-state index contributed by atoms with van der Waals surface area (Å²) in [4.78, 5) is 4.06. The molecule has 0 bridgehead atoms. The van der Waals surface area contributed by atoms with Gasteiger partial charge in [-0.3, -0.25) is 4.99 Å². The van der Waals surface area contributed by atoms with E-state index in [-0.39, 0.29) is 36.3 Å². The zero-order chi connectivity index (χ0) is 19.0. The standard InChI is InChI=1S/C18H20F3N3O2.HI/c1-22-17(23-11-13-7-9-15(25-2)10-8-13)24-12-14-5-3-4-6-16(14)26-18(19,20)21;/h3-10H,11-12H2,1-2H3,(H2,22,23,24);1H. The topological polar surface area (TPSA) is 54.9 Å². The quantitative estimate of drug-likeness (QED) is 0.361. The molecule has 0 aromatic heterocycles. The van der Waals surface area contributed by atoms with Gasteiger partial charge in [-0.15, -0.1) is 37.1 Å². The summed E-state index contributed by atoms with van der Waals surface area (Å²) in [6.07, 6.45) is -4.73. The molecule has 0 radical (unpaired) electrons. The number of benzene rings is 2. The van der Waals surface area contributed by atoms with Gasteiger partial charge < -0.3 is 20.1 Å². The Kier molecular flexibility index (Phi) is 9.19. The highest BCUT2D eigenvalue weighted by Crippen LogP contribution is 2.26. The number of ether oxygens (including phenoxy) is 2. The Morgan fingerprint density at radius 2 is 1.63 bits per heavy atom. The molecule has 0 aliphatic rings. The van der Waals surface area contributed by atoms with Crippen LogP contribution in [0, 0.1) is 0 Å². The summed E-state index contributed by atoms with van der Waals surface area (Å²) in [7, 11) is 3.18. The summed E-state index contributed by atoms with van der Waals surface area (Å²) in [6, 6.07) is 13.5. The van der Waals surface area contributed by atoms with Crippen LogP contribution in [0.5, 0.6) is 11.5 Å². The zero-order valence-electron chi connectivity index (χ0n) is 14.8. The smallest absolute Gasteiger partial charge is 0.497 e. The third kappa shape index (κ3) is 7.94. The molecular weight excluding hydrogens is 474 g/mol. The van der Waals surface area contributed by atoms with Gasteiger partial charge in [0, 0.05) is 25.7 Å². The highest BCUT2D eigenvalue weighted by Gasteiger charge is 2.31. The van der Waals surface area contributed by atoms with Crippen molar-refractivity contribution >= 4 is 29.9 Å². The van der Waals surface area contributed by atoms with Gasteiger partial charge in [0.25, 0.3) is 0 Å². The van der Waals surface area contributed by atoms with Crippen molar-refractivity contribution < 1.29 is 22.6 Å². The molecule has 0 aliphatic carbocycles. The number of hydrogen-bond acceptors (Lipinski definition) is 3. The number of aliphatic imine (C=N–C) groups is 1. The van der Waals surface area contributed by atoms with Gasteiger partial charge in [-0.05, 0) is 23.8 Å². The van der Waals surface area contributed by atoms with E-state index in [1.54, 1.807) is 26.3 Å². The second kappa shape index (κ2) is 10.9. The lowest BCUT2D eigenvalue weighted by Gasteiger charge is -2.15. The maximum absolute atomic E-state index is 12.5. The molecule has 0 saturated carbocycles. The SMILES string of the molecule is CN=C(NCc1ccc(OC)cc1)NCc1ccccc1OC(F)(F)F.I. The highest BCUT2D eigenvalue weighted by atomic mass is 127. The van der Waals surface area contributed by atoms with Crippen LogP contribution in [0.2, 0.25) is 0 Å². The second-order valence-corrected chi connectivity index (χ2v) is 5.28. The molecule has 27 heavy (non-hydrogen) atoms. The number of nitrogens with zero attached hydrogens (tertiary/aromatic N) is 1. The molecule has 2 aromatic rings. The minimum Gasteiger partial charge on any atom is -0.497 e. The monoisotopic (exact) mass is 495 g/mol. The Hall–Kier alpha value is -2.17. The molecule has 2 rings (SSSR count). The van der Waals surface area contributed by atoms with Gasteiger partial charge in [0.15, 0.2) is 5.96 Å². The highest BCUT2D eigenvalue weighted by molar-refractivity contribution is 14.0. The van der Waals surface area contributed by atoms with E-state index in [9.17, 15) is 13.2 Å². The van der Waals surface area contributed by atoms with Gasteiger partial charge in [-0.25, -0.2) is 0 Å². The molecule has 0 aliphatic heterocycles. The molecule has 0 unspecified atom stereocenters. The molecule has 9 heteroatoms. The molecule has 0 heterocycles. The molecular formula is C18H21F3IN3O2. The number of rotatable bonds is 6. The first-order chi connectivity index (χ1) is 12.4. The lowest BCUT2D eigenvalue weighted by Crippen LogP contribution is -2.36. The Morgan fingerprint density at radius 1 is 1.00 bits per heavy atom. The third-order valence-electron chi connectivity index (χ3n) is 3.49. The number of methoxy groups -OCH3 is 1. The first kappa shape index (κ1) is 22.9. The minimum absolute atomic E-state index is 0. The molecule has 148 valence electrons. The molecule has 0 fully saturated rings. The number of halogens is 4. The Bertz CT molecular complexity index is 737. The first-order valence-corrected chi connectivity index (χ1v) is 7.82. The fourth-order valence-electron chi connectivity index (χ4n) is 2.20. The molecule has 0 amide bonds. The molecule has 0 atom stereocenters. The first-order valence-electron chi connectivity index (χ1n) is 7.82. The van der Waals surface area contributed by atoms with Crippen LogP contribution in [0.3, 0.4) is 0 Å². The van der Waals surface area contributed by atoms with E-state index >= 15 is 0 Å². The van der Waals surface area contributed by atoms with Gasteiger partial charge in [0.2, 0.25) is 0 Å². The Labute approximate surface area is 173 Å². The van der Waals surface area contributed by atoms with Crippen molar-refractivity contribution in [1.82, 2.24) is 10.6 Å². The number of guanidine groups is 1. The van der Waals surface area contributed by atoms with Gasteiger partial charge in [-0.1, -0.05) is 30.3 Å². The Morgan fingerprint density at radius 3 is 2.22 bits per heavy atom. The number of para-hydroxylation sites is 1. The van der Waals surface area contributed by atoms with Crippen molar-refractivity contribution in [3.63, 3.8) is 0 Å². The van der Waals surface area contributed by atoms with E-state index in [1.807, 2.05) is 24.3 Å². The summed E-state index contributed by atoms with van der Waals surface area (Å²) in [5.41, 5.74) is 1.38. The van der Waals surface area contributed by atoms with Crippen molar-refractivity contribution in [3.05, 3.63) is 59.7 Å². The normalized spacial score (nSPS) is 11.4. The molecule has 2 aromatic carbocycles. The van der Waals surface area contributed by atoms with Crippen LogP contribution in [0.1, 0.15) is 11.1 Å². The van der Waals surface area contributed by atoms with Crippen LogP contribution < -0.4 is 20.1 Å². The molecule has 5 nitrogen and oxygen atoms in total. The van der Waals surface area contributed by atoms with Crippen LogP contribution in [-0.2, 0) is 13.1 Å². The van der Waals surface area contributed by atoms with Crippen molar-refractivity contribution in [1.29, 1.82) is 0 Å². The van der Waals surface area contributed by atoms with E-state index in [0.29, 0.717) is 18.1 Å². The van der Waals surface area contributed by atoms with E-state index in [2.05, 4.69) is 20.4 Å². The van der Waals surface area contributed by atoms with E-state index in [4.69, 9.17) is 4.74 Å². The van der Waals surface area contributed by atoms with Crippen LogP contribution >= 0.6 is 24.0 Å².